The topological polar surface area (TPSA) is 90.6 Å². The monoisotopic (exact) mass is 414 g/mol. The number of nitrogens with two attached hydrogens (primary N) is 1. The molecule has 0 aliphatic rings. The molecule has 0 saturated heterocycles. The zero-order chi connectivity index (χ0) is 18.7. The maximum absolute atomic E-state index is 13.9. The number of halogens is 3. The van der Waals surface area contributed by atoms with Gasteiger partial charge in [0, 0.05) is 11.6 Å². The Morgan fingerprint density at radius 3 is 2.08 bits per heavy atom. The summed E-state index contributed by atoms with van der Waals surface area (Å²) in [7, 11) is 2.81. The van der Waals surface area contributed by atoms with Crippen molar-refractivity contribution in [2.45, 2.75) is 0 Å². The predicted molar refractivity (Wildman–Crippen MR) is 90.1 cm³/mol. The molecule has 0 bridgehead atoms. The van der Waals surface area contributed by atoms with Gasteiger partial charge in [0.05, 0.1) is 25.5 Å². The fourth-order valence-electron chi connectivity index (χ4n) is 2.03. The summed E-state index contributed by atoms with van der Waals surface area (Å²) in [6.07, 6.45) is 0. The molecule has 0 heterocycles. The van der Waals surface area contributed by atoms with E-state index in [1.54, 1.807) is 0 Å². The Morgan fingerprint density at radius 2 is 1.60 bits per heavy atom. The molecule has 0 aliphatic heterocycles. The summed E-state index contributed by atoms with van der Waals surface area (Å²) in [5, 5.41) is 2.26. The van der Waals surface area contributed by atoms with Crippen LogP contribution in [0.3, 0.4) is 0 Å². The Hall–Kier alpha value is -2.68. The maximum atomic E-state index is 13.9. The van der Waals surface area contributed by atoms with Crippen LogP contribution in [-0.4, -0.2) is 26.0 Å². The minimum Gasteiger partial charge on any atom is -0.495 e. The standard InChI is InChI=1S/C16H13BrF2N2O4/c1-24-12-3-7(4-13(25-2)14(12)17)16(23)21-11-5-8(15(20)22)9(18)6-10(11)19/h3-6H,1-2H3,(H2,20,22)(H,21,23). The fourth-order valence-corrected chi connectivity index (χ4v) is 2.58. The molecule has 2 amide bonds. The minimum absolute atomic E-state index is 0.0984. The van der Waals surface area contributed by atoms with E-state index in [-0.39, 0.29) is 11.3 Å². The molecule has 2 aromatic carbocycles. The van der Waals surface area contributed by atoms with Crippen LogP contribution in [0, 0.1) is 11.6 Å². The summed E-state index contributed by atoms with van der Waals surface area (Å²) in [6.45, 7) is 0. The molecule has 0 aliphatic carbocycles. The van der Waals surface area contributed by atoms with E-state index in [2.05, 4.69) is 21.2 Å². The molecular formula is C16H13BrF2N2O4. The Morgan fingerprint density at radius 1 is 1.04 bits per heavy atom. The number of amides is 2. The van der Waals surface area contributed by atoms with Gasteiger partial charge in [0.25, 0.3) is 11.8 Å². The molecule has 0 spiro atoms. The van der Waals surface area contributed by atoms with Crippen LogP contribution in [0.1, 0.15) is 20.7 Å². The molecule has 2 rings (SSSR count). The Bertz CT molecular complexity index is 833. The highest BCUT2D eigenvalue weighted by Gasteiger charge is 2.18. The quantitative estimate of drug-likeness (QED) is 0.786. The lowest BCUT2D eigenvalue weighted by Crippen LogP contribution is -2.17. The van der Waals surface area contributed by atoms with Crippen LogP contribution in [-0.2, 0) is 0 Å². The first-order valence-corrected chi connectivity index (χ1v) is 7.59. The number of ether oxygens (including phenoxy) is 2. The van der Waals surface area contributed by atoms with Crippen LogP contribution in [0.4, 0.5) is 14.5 Å². The molecule has 9 heteroatoms. The molecule has 0 saturated carbocycles. The van der Waals surface area contributed by atoms with E-state index in [0.717, 1.165) is 6.07 Å². The van der Waals surface area contributed by atoms with Crippen LogP contribution >= 0.6 is 15.9 Å². The van der Waals surface area contributed by atoms with Crippen molar-refractivity contribution in [1.82, 2.24) is 0 Å². The lowest BCUT2D eigenvalue weighted by Gasteiger charge is -2.12. The van der Waals surface area contributed by atoms with Crippen molar-refractivity contribution in [2.24, 2.45) is 5.73 Å². The van der Waals surface area contributed by atoms with Gasteiger partial charge in [0.2, 0.25) is 0 Å². The third-order valence-corrected chi connectivity index (χ3v) is 4.06. The van der Waals surface area contributed by atoms with E-state index in [1.807, 2.05) is 0 Å². The smallest absolute Gasteiger partial charge is 0.256 e. The van der Waals surface area contributed by atoms with Gasteiger partial charge in [-0.1, -0.05) is 0 Å². The van der Waals surface area contributed by atoms with Gasteiger partial charge in [-0.3, -0.25) is 9.59 Å². The third-order valence-electron chi connectivity index (χ3n) is 3.28. The van der Waals surface area contributed by atoms with Crippen molar-refractivity contribution in [3.63, 3.8) is 0 Å². The highest BCUT2D eigenvalue weighted by atomic mass is 79.9. The summed E-state index contributed by atoms with van der Waals surface area (Å²) in [5.74, 6) is -3.32. The number of benzene rings is 2. The normalized spacial score (nSPS) is 10.3. The molecule has 0 radical (unpaired) electrons. The van der Waals surface area contributed by atoms with E-state index in [0.29, 0.717) is 22.0 Å². The summed E-state index contributed by atoms with van der Waals surface area (Å²) >= 11 is 3.26. The summed E-state index contributed by atoms with van der Waals surface area (Å²) in [6, 6.07) is 4.10. The summed E-state index contributed by atoms with van der Waals surface area (Å²) in [4.78, 5) is 23.5. The van der Waals surface area contributed by atoms with Crippen molar-refractivity contribution in [1.29, 1.82) is 0 Å². The molecule has 0 aromatic heterocycles. The lowest BCUT2D eigenvalue weighted by atomic mass is 10.1. The minimum atomic E-state index is -1.12. The number of carbonyl (C=O) groups excluding carboxylic acids is 2. The summed E-state index contributed by atoms with van der Waals surface area (Å²) < 4.78 is 38.1. The Balaban J connectivity index is 2.40. The van der Waals surface area contributed by atoms with Gasteiger partial charge in [-0.05, 0) is 34.1 Å². The van der Waals surface area contributed by atoms with Crippen molar-refractivity contribution < 1.29 is 27.8 Å². The number of rotatable bonds is 5. The van der Waals surface area contributed by atoms with E-state index in [9.17, 15) is 18.4 Å². The number of hydrogen-bond donors (Lipinski definition) is 2. The molecule has 6 nitrogen and oxygen atoms in total. The zero-order valence-corrected chi connectivity index (χ0v) is 14.7. The van der Waals surface area contributed by atoms with Gasteiger partial charge >= 0.3 is 0 Å². The number of anilines is 1. The SMILES string of the molecule is COc1cc(C(=O)Nc2cc(C(N)=O)c(F)cc2F)cc(OC)c1Br. The van der Waals surface area contributed by atoms with E-state index >= 15 is 0 Å². The van der Waals surface area contributed by atoms with Gasteiger partial charge < -0.3 is 20.5 Å². The third kappa shape index (κ3) is 3.87. The number of nitrogens with one attached hydrogen (secondary N) is 1. The van der Waals surface area contributed by atoms with Crippen LogP contribution in [0.2, 0.25) is 0 Å². The molecule has 132 valence electrons. The molecule has 3 N–H and O–H groups in total. The van der Waals surface area contributed by atoms with E-state index < -0.39 is 29.0 Å². The Labute approximate surface area is 150 Å². The summed E-state index contributed by atoms with van der Waals surface area (Å²) in [5.41, 5.74) is 4.19. The maximum Gasteiger partial charge on any atom is 0.256 e. The van der Waals surface area contributed by atoms with Gasteiger partial charge in [0.15, 0.2) is 0 Å². The van der Waals surface area contributed by atoms with Gasteiger partial charge in [-0.25, -0.2) is 8.78 Å². The largest absolute Gasteiger partial charge is 0.495 e. The van der Waals surface area contributed by atoms with Gasteiger partial charge in [-0.15, -0.1) is 0 Å². The average molecular weight is 415 g/mol. The van der Waals surface area contributed by atoms with Crippen LogP contribution in [0.25, 0.3) is 0 Å². The molecule has 0 fully saturated rings. The van der Waals surface area contributed by atoms with Crippen molar-refractivity contribution in [3.8, 4) is 11.5 Å². The van der Waals surface area contributed by atoms with E-state index in [4.69, 9.17) is 15.2 Å². The zero-order valence-electron chi connectivity index (χ0n) is 13.2. The first-order chi connectivity index (χ1) is 11.8. The highest BCUT2D eigenvalue weighted by molar-refractivity contribution is 9.10. The van der Waals surface area contributed by atoms with Crippen molar-refractivity contribution in [3.05, 3.63) is 51.5 Å². The second kappa shape index (κ2) is 7.47. The molecule has 2 aromatic rings. The first-order valence-electron chi connectivity index (χ1n) is 6.80. The predicted octanol–water partition coefficient (Wildman–Crippen LogP) is 3.10. The Kier molecular flexibility index (Phi) is 5.58. The second-order valence-electron chi connectivity index (χ2n) is 4.83. The van der Waals surface area contributed by atoms with Crippen LogP contribution in [0.15, 0.2) is 28.7 Å². The number of methoxy groups -OCH3 is 2. The average Bonchev–Trinajstić information content (AvgIpc) is 2.56. The van der Waals surface area contributed by atoms with Crippen LogP contribution < -0.4 is 20.5 Å². The number of hydrogen-bond acceptors (Lipinski definition) is 4. The van der Waals surface area contributed by atoms with Gasteiger partial charge in [0.1, 0.15) is 27.6 Å². The molecular weight excluding hydrogens is 402 g/mol. The number of primary amides is 1. The first kappa shape index (κ1) is 18.7. The fraction of sp³-hybridized carbons (Fsp3) is 0.125. The lowest BCUT2D eigenvalue weighted by molar-refractivity contribution is 0.0992. The highest BCUT2D eigenvalue weighted by Crippen LogP contribution is 2.35. The van der Waals surface area contributed by atoms with E-state index in [1.165, 1.54) is 26.4 Å². The second-order valence-corrected chi connectivity index (χ2v) is 5.62. The molecule has 0 unspecified atom stereocenters. The van der Waals surface area contributed by atoms with Crippen molar-refractivity contribution >= 4 is 33.4 Å². The van der Waals surface area contributed by atoms with Gasteiger partial charge in [-0.2, -0.15) is 0 Å². The molecule has 0 atom stereocenters. The molecule has 25 heavy (non-hydrogen) atoms. The van der Waals surface area contributed by atoms with Crippen molar-refractivity contribution in [2.75, 3.05) is 19.5 Å². The number of carbonyl (C=O) groups is 2. The van der Waals surface area contributed by atoms with Crippen LogP contribution in [0.5, 0.6) is 11.5 Å².